The average molecular weight is 322 g/mol. The number of carbonyl (C=O) groups excluding carboxylic acids is 1. The third-order valence-corrected chi connectivity index (χ3v) is 3.17. The van der Waals surface area contributed by atoms with Crippen LogP contribution in [0, 0.1) is 11.3 Å². The largest absolute Gasteiger partial charge is 0.493 e. The number of hydrogen-bond acceptors (Lipinski definition) is 4. The molecule has 0 aliphatic rings. The molecule has 5 heteroatoms. The van der Waals surface area contributed by atoms with Crippen molar-refractivity contribution in [3.63, 3.8) is 0 Å². The summed E-state index contributed by atoms with van der Waals surface area (Å²) in [6, 6.07) is 14.2. The van der Waals surface area contributed by atoms with Crippen molar-refractivity contribution in [2.75, 3.05) is 19.0 Å². The Kier molecular flexibility index (Phi) is 5.98. The molecule has 0 aliphatic carbocycles. The molecular weight excluding hydrogens is 304 g/mol. The number of benzene rings is 2. The highest BCUT2D eigenvalue weighted by molar-refractivity contribution is 6.02. The molecule has 0 saturated heterocycles. The number of anilines is 1. The lowest BCUT2D eigenvalue weighted by Crippen LogP contribution is -2.07. The quantitative estimate of drug-likeness (QED) is 0.825. The zero-order chi connectivity index (χ0) is 17.4. The zero-order valence-corrected chi connectivity index (χ0v) is 13.6. The van der Waals surface area contributed by atoms with Gasteiger partial charge in [0.15, 0.2) is 11.5 Å². The fourth-order valence-corrected chi connectivity index (χ4v) is 2.08. The van der Waals surface area contributed by atoms with Crippen molar-refractivity contribution in [2.24, 2.45) is 0 Å². The summed E-state index contributed by atoms with van der Waals surface area (Å²) < 4.78 is 10.7. The Morgan fingerprint density at radius 2 is 2.08 bits per heavy atom. The third-order valence-electron chi connectivity index (χ3n) is 3.17. The summed E-state index contributed by atoms with van der Waals surface area (Å²) in [5.41, 5.74) is 1.89. The average Bonchev–Trinajstić information content (AvgIpc) is 2.61. The number of ether oxygens (including phenoxy) is 2. The van der Waals surface area contributed by atoms with Gasteiger partial charge in [-0.1, -0.05) is 12.1 Å². The van der Waals surface area contributed by atoms with E-state index in [1.165, 1.54) is 6.08 Å². The summed E-state index contributed by atoms with van der Waals surface area (Å²) in [7, 11) is 1.57. The fraction of sp³-hybridized carbons (Fsp3) is 0.158. The lowest BCUT2D eigenvalue weighted by Gasteiger charge is -2.09. The predicted molar refractivity (Wildman–Crippen MR) is 93.0 cm³/mol. The topological polar surface area (TPSA) is 71.3 Å². The van der Waals surface area contributed by atoms with Crippen LogP contribution in [0.25, 0.3) is 6.08 Å². The Morgan fingerprint density at radius 1 is 1.25 bits per heavy atom. The number of amides is 1. The molecule has 0 bridgehead atoms. The Morgan fingerprint density at radius 3 is 2.79 bits per heavy atom. The second kappa shape index (κ2) is 8.39. The van der Waals surface area contributed by atoms with Gasteiger partial charge in [-0.2, -0.15) is 5.26 Å². The first-order valence-corrected chi connectivity index (χ1v) is 7.46. The Bertz CT molecular complexity index is 791. The van der Waals surface area contributed by atoms with Crippen LogP contribution in [0.5, 0.6) is 11.5 Å². The van der Waals surface area contributed by atoms with Gasteiger partial charge in [0, 0.05) is 11.8 Å². The van der Waals surface area contributed by atoms with E-state index < -0.39 is 0 Å². The predicted octanol–water partition coefficient (Wildman–Crippen LogP) is 3.62. The van der Waals surface area contributed by atoms with E-state index >= 15 is 0 Å². The lowest BCUT2D eigenvalue weighted by molar-refractivity contribution is -0.111. The fourth-order valence-electron chi connectivity index (χ4n) is 2.08. The molecule has 0 aliphatic heterocycles. The van der Waals surface area contributed by atoms with Crippen molar-refractivity contribution in [1.29, 1.82) is 5.26 Å². The van der Waals surface area contributed by atoms with E-state index in [0.29, 0.717) is 29.4 Å². The van der Waals surface area contributed by atoms with E-state index in [9.17, 15) is 4.79 Å². The Hall–Kier alpha value is -3.26. The molecule has 2 aromatic rings. The molecule has 0 saturated carbocycles. The molecule has 1 amide bonds. The van der Waals surface area contributed by atoms with Crippen LogP contribution in [0.4, 0.5) is 5.69 Å². The summed E-state index contributed by atoms with van der Waals surface area (Å²) in [6.07, 6.45) is 3.11. The second-order valence-corrected chi connectivity index (χ2v) is 4.86. The van der Waals surface area contributed by atoms with E-state index in [2.05, 4.69) is 5.32 Å². The molecular formula is C19H18N2O3. The van der Waals surface area contributed by atoms with Gasteiger partial charge >= 0.3 is 0 Å². The minimum absolute atomic E-state index is 0.280. The SMILES string of the molecule is CCOc1ccc(C=CC(=O)Nc2cccc(C#N)c2)cc1OC. The third kappa shape index (κ3) is 4.62. The maximum Gasteiger partial charge on any atom is 0.248 e. The van der Waals surface area contributed by atoms with Crippen molar-refractivity contribution >= 4 is 17.7 Å². The maximum atomic E-state index is 12.0. The van der Waals surface area contributed by atoms with Crippen LogP contribution in [0.1, 0.15) is 18.1 Å². The smallest absolute Gasteiger partial charge is 0.248 e. The molecule has 122 valence electrons. The van der Waals surface area contributed by atoms with Gasteiger partial charge in [0.05, 0.1) is 25.3 Å². The molecule has 0 heterocycles. The van der Waals surface area contributed by atoms with Crippen LogP contribution in [0.15, 0.2) is 48.5 Å². The first kappa shape index (κ1) is 17.1. The van der Waals surface area contributed by atoms with E-state index in [1.807, 2.05) is 19.1 Å². The van der Waals surface area contributed by atoms with Crippen molar-refractivity contribution in [2.45, 2.75) is 6.92 Å². The highest BCUT2D eigenvalue weighted by atomic mass is 16.5. The van der Waals surface area contributed by atoms with Crippen molar-refractivity contribution in [1.82, 2.24) is 0 Å². The van der Waals surface area contributed by atoms with E-state index in [-0.39, 0.29) is 5.91 Å². The standard InChI is InChI=1S/C19H18N2O3/c1-3-24-17-9-7-14(12-18(17)23-2)8-10-19(22)21-16-6-4-5-15(11-16)13-20/h4-12H,3H2,1-2H3,(H,21,22). The molecule has 1 N–H and O–H groups in total. The number of nitriles is 1. The summed E-state index contributed by atoms with van der Waals surface area (Å²) in [5.74, 6) is 0.994. The Balaban J connectivity index is 2.07. The second-order valence-electron chi connectivity index (χ2n) is 4.86. The zero-order valence-electron chi connectivity index (χ0n) is 13.6. The molecule has 24 heavy (non-hydrogen) atoms. The normalized spacial score (nSPS) is 10.2. The van der Waals surface area contributed by atoms with Crippen LogP contribution in [-0.2, 0) is 4.79 Å². The van der Waals surface area contributed by atoms with Crippen LogP contribution in [0.2, 0.25) is 0 Å². The molecule has 0 aromatic heterocycles. The first-order valence-electron chi connectivity index (χ1n) is 7.46. The summed E-state index contributed by atoms with van der Waals surface area (Å²) >= 11 is 0. The molecule has 0 radical (unpaired) electrons. The molecule has 0 unspecified atom stereocenters. The number of hydrogen-bond donors (Lipinski definition) is 1. The van der Waals surface area contributed by atoms with Gasteiger partial charge in [0.1, 0.15) is 0 Å². The highest BCUT2D eigenvalue weighted by Gasteiger charge is 2.04. The van der Waals surface area contributed by atoms with Crippen molar-refractivity contribution in [3.8, 4) is 17.6 Å². The summed E-state index contributed by atoms with van der Waals surface area (Å²) in [6.45, 7) is 2.45. The van der Waals surface area contributed by atoms with Gasteiger partial charge in [-0.15, -0.1) is 0 Å². The monoisotopic (exact) mass is 322 g/mol. The van der Waals surface area contributed by atoms with Gasteiger partial charge in [0.2, 0.25) is 5.91 Å². The minimum atomic E-state index is -0.280. The van der Waals surface area contributed by atoms with E-state index in [0.717, 1.165) is 5.56 Å². The molecule has 0 fully saturated rings. The maximum absolute atomic E-state index is 12.0. The highest BCUT2D eigenvalue weighted by Crippen LogP contribution is 2.28. The molecule has 2 rings (SSSR count). The summed E-state index contributed by atoms with van der Waals surface area (Å²) in [5, 5.41) is 11.6. The van der Waals surface area contributed by atoms with Gasteiger partial charge in [-0.25, -0.2) is 0 Å². The molecule has 0 spiro atoms. The molecule has 5 nitrogen and oxygen atoms in total. The van der Waals surface area contributed by atoms with Gasteiger partial charge in [-0.3, -0.25) is 4.79 Å². The van der Waals surface area contributed by atoms with Gasteiger partial charge in [-0.05, 0) is 48.9 Å². The minimum Gasteiger partial charge on any atom is -0.493 e. The first-order chi connectivity index (χ1) is 11.7. The number of nitrogens with zero attached hydrogens (tertiary/aromatic N) is 1. The van der Waals surface area contributed by atoms with Crippen LogP contribution in [-0.4, -0.2) is 19.6 Å². The number of rotatable bonds is 6. The van der Waals surface area contributed by atoms with Crippen LogP contribution < -0.4 is 14.8 Å². The number of methoxy groups -OCH3 is 1. The lowest BCUT2D eigenvalue weighted by atomic mass is 10.2. The summed E-state index contributed by atoms with van der Waals surface area (Å²) in [4.78, 5) is 12.0. The van der Waals surface area contributed by atoms with Crippen LogP contribution in [0.3, 0.4) is 0 Å². The molecule has 0 atom stereocenters. The van der Waals surface area contributed by atoms with Crippen molar-refractivity contribution in [3.05, 3.63) is 59.7 Å². The Labute approximate surface area is 141 Å². The van der Waals surface area contributed by atoms with E-state index in [1.54, 1.807) is 49.6 Å². The number of carbonyl (C=O) groups is 1. The van der Waals surface area contributed by atoms with E-state index in [4.69, 9.17) is 14.7 Å². The van der Waals surface area contributed by atoms with Gasteiger partial charge in [0.25, 0.3) is 0 Å². The van der Waals surface area contributed by atoms with Gasteiger partial charge < -0.3 is 14.8 Å². The molecule has 2 aromatic carbocycles. The van der Waals surface area contributed by atoms with Crippen molar-refractivity contribution < 1.29 is 14.3 Å². The number of nitrogens with one attached hydrogen (secondary N) is 1. The van der Waals surface area contributed by atoms with Crippen LogP contribution >= 0.6 is 0 Å².